The Hall–Kier alpha value is -1.81. The van der Waals surface area contributed by atoms with Gasteiger partial charge in [-0.3, -0.25) is 0 Å². The Morgan fingerprint density at radius 1 is 1.10 bits per heavy atom. The Balaban J connectivity index is 1.76. The lowest BCUT2D eigenvalue weighted by Crippen LogP contribution is -2.29. The van der Waals surface area contributed by atoms with E-state index < -0.39 is 0 Å². The Kier molecular flexibility index (Phi) is 3.39. The second-order valence-corrected chi connectivity index (χ2v) is 6.68. The molecule has 4 heterocycles. The van der Waals surface area contributed by atoms with E-state index in [2.05, 4.69) is 44.2 Å². The number of fused-ring (bicyclic) bond motifs is 1. The quantitative estimate of drug-likeness (QED) is 0.724. The molecule has 3 aromatic rings. The van der Waals surface area contributed by atoms with Gasteiger partial charge < -0.3 is 9.47 Å². The lowest BCUT2D eigenvalue weighted by Gasteiger charge is -2.28. The van der Waals surface area contributed by atoms with Crippen molar-refractivity contribution < 1.29 is 0 Å². The molecular formula is C17H19N3S. The van der Waals surface area contributed by atoms with Crippen LogP contribution in [-0.4, -0.2) is 22.6 Å². The molecule has 108 valence electrons. The van der Waals surface area contributed by atoms with Crippen LogP contribution in [0.4, 0.5) is 5.69 Å². The molecule has 0 bridgehead atoms. The van der Waals surface area contributed by atoms with Crippen LogP contribution in [0.15, 0.2) is 42.0 Å². The molecule has 1 saturated heterocycles. The summed E-state index contributed by atoms with van der Waals surface area (Å²) in [5, 5.41) is 3.43. The number of anilines is 1. The van der Waals surface area contributed by atoms with E-state index in [0.29, 0.717) is 0 Å². The number of hydrogen-bond donors (Lipinski definition) is 0. The number of piperidine rings is 1. The van der Waals surface area contributed by atoms with Crippen LogP contribution in [0.5, 0.6) is 0 Å². The van der Waals surface area contributed by atoms with Crippen molar-refractivity contribution in [1.82, 2.24) is 9.55 Å². The average Bonchev–Trinajstić information content (AvgIpc) is 3.17. The second kappa shape index (κ2) is 5.53. The van der Waals surface area contributed by atoms with E-state index in [1.54, 1.807) is 0 Å². The van der Waals surface area contributed by atoms with Gasteiger partial charge in [0.15, 0.2) is 0 Å². The van der Waals surface area contributed by atoms with E-state index in [4.69, 9.17) is 0 Å². The fourth-order valence-electron chi connectivity index (χ4n) is 3.18. The molecule has 1 fully saturated rings. The average molecular weight is 297 g/mol. The van der Waals surface area contributed by atoms with Crippen LogP contribution < -0.4 is 4.90 Å². The minimum absolute atomic E-state index is 0.916. The van der Waals surface area contributed by atoms with Crippen molar-refractivity contribution in [1.29, 1.82) is 0 Å². The summed E-state index contributed by atoms with van der Waals surface area (Å²) in [6.45, 7) is 3.26. The van der Waals surface area contributed by atoms with Crippen LogP contribution in [0.3, 0.4) is 0 Å². The highest BCUT2D eigenvalue weighted by Gasteiger charge is 2.17. The van der Waals surface area contributed by atoms with E-state index in [-0.39, 0.29) is 0 Å². The third-order valence-corrected chi connectivity index (χ3v) is 5.08. The third kappa shape index (κ3) is 2.44. The molecule has 21 heavy (non-hydrogen) atoms. The van der Waals surface area contributed by atoms with E-state index in [0.717, 1.165) is 12.2 Å². The number of aromatic nitrogens is 2. The summed E-state index contributed by atoms with van der Waals surface area (Å²) in [6, 6.07) is 8.56. The number of thiophene rings is 1. The summed E-state index contributed by atoms with van der Waals surface area (Å²) in [7, 11) is 0. The SMILES string of the molecule is c1csc(Cn2cc(N3CCCCC3)c3cccnc32)c1. The van der Waals surface area contributed by atoms with Gasteiger partial charge in [0, 0.05) is 35.7 Å². The first-order chi connectivity index (χ1) is 10.4. The van der Waals surface area contributed by atoms with Gasteiger partial charge in [-0.25, -0.2) is 4.98 Å². The van der Waals surface area contributed by atoms with Gasteiger partial charge in [-0.1, -0.05) is 6.07 Å². The van der Waals surface area contributed by atoms with Crippen LogP contribution >= 0.6 is 11.3 Å². The van der Waals surface area contributed by atoms with E-state index in [1.165, 1.54) is 48.3 Å². The predicted octanol–water partition coefficient (Wildman–Crippen LogP) is 4.14. The predicted molar refractivity (Wildman–Crippen MR) is 89.2 cm³/mol. The summed E-state index contributed by atoms with van der Waals surface area (Å²) in [5.41, 5.74) is 2.46. The van der Waals surface area contributed by atoms with E-state index >= 15 is 0 Å². The summed E-state index contributed by atoms with van der Waals surface area (Å²) in [6.07, 6.45) is 8.16. The molecule has 0 atom stereocenters. The fraction of sp³-hybridized carbons (Fsp3) is 0.353. The molecule has 0 N–H and O–H groups in total. The van der Waals surface area contributed by atoms with Crippen LogP contribution in [0.2, 0.25) is 0 Å². The van der Waals surface area contributed by atoms with Crippen LogP contribution in [0, 0.1) is 0 Å². The zero-order valence-electron chi connectivity index (χ0n) is 12.0. The number of hydrogen-bond acceptors (Lipinski definition) is 3. The Labute approximate surface area is 128 Å². The van der Waals surface area contributed by atoms with Crippen molar-refractivity contribution >= 4 is 28.1 Å². The van der Waals surface area contributed by atoms with Crippen molar-refractivity contribution in [3.63, 3.8) is 0 Å². The minimum atomic E-state index is 0.916. The molecule has 0 amide bonds. The van der Waals surface area contributed by atoms with Gasteiger partial charge in [0.05, 0.1) is 12.2 Å². The lowest BCUT2D eigenvalue weighted by molar-refractivity contribution is 0.578. The van der Waals surface area contributed by atoms with Gasteiger partial charge in [0.2, 0.25) is 0 Å². The minimum Gasteiger partial charge on any atom is -0.370 e. The van der Waals surface area contributed by atoms with Crippen molar-refractivity contribution in [3.8, 4) is 0 Å². The summed E-state index contributed by atoms with van der Waals surface area (Å²) >= 11 is 1.81. The molecule has 0 aliphatic carbocycles. The highest BCUT2D eigenvalue weighted by Crippen LogP contribution is 2.30. The first-order valence-corrected chi connectivity index (χ1v) is 8.51. The molecule has 0 saturated carbocycles. The summed E-state index contributed by atoms with van der Waals surface area (Å²) in [4.78, 5) is 8.52. The maximum atomic E-state index is 4.62. The molecule has 0 aromatic carbocycles. The monoisotopic (exact) mass is 297 g/mol. The number of nitrogens with zero attached hydrogens (tertiary/aromatic N) is 3. The molecular weight excluding hydrogens is 278 g/mol. The van der Waals surface area contributed by atoms with Gasteiger partial charge in [0.25, 0.3) is 0 Å². The standard InChI is InChI=1S/C17H19N3S/c1-2-9-19(10-3-1)16-13-20(12-14-6-5-11-21-14)17-15(16)7-4-8-18-17/h4-8,11,13H,1-3,9-10,12H2. The van der Waals surface area contributed by atoms with Gasteiger partial charge in [-0.15, -0.1) is 11.3 Å². The maximum Gasteiger partial charge on any atom is 0.142 e. The first kappa shape index (κ1) is 12.9. The number of pyridine rings is 1. The zero-order valence-corrected chi connectivity index (χ0v) is 12.9. The molecule has 1 aliphatic rings. The van der Waals surface area contributed by atoms with Crippen molar-refractivity contribution in [2.45, 2.75) is 25.8 Å². The maximum absolute atomic E-state index is 4.62. The molecule has 0 unspecified atom stereocenters. The van der Waals surface area contributed by atoms with Crippen LogP contribution in [0.25, 0.3) is 11.0 Å². The largest absolute Gasteiger partial charge is 0.370 e. The Morgan fingerprint density at radius 2 is 2.00 bits per heavy atom. The summed E-state index contributed by atoms with van der Waals surface area (Å²) < 4.78 is 2.30. The van der Waals surface area contributed by atoms with Crippen LogP contribution in [0.1, 0.15) is 24.1 Å². The van der Waals surface area contributed by atoms with Crippen LogP contribution in [-0.2, 0) is 6.54 Å². The smallest absolute Gasteiger partial charge is 0.142 e. The highest BCUT2D eigenvalue weighted by molar-refractivity contribution is 7.09. The molecule has 3 aromatic heterocycles. The molecule has 0 spiro atoms. The fourth-order valence-corrected chi connectivity index (χ4v) is 3.88. The molecule has 0 radical (unpaired) electrons. The Bertz CT molecular complexity index is 724. The van der Waals surface area contributed by atoms with Crippen molar-refractivity contribution in [3.05, 3.63) is 46.9 Å². The van der Waals surface area contributed by atoms with Gasteiger partial charge in [0.1, 0.15) is 5.65 Å². The Morgan fingerprint density at radius 3 is 2.81 bits per heavy atom. The van der Waals surface area contributed by atoms with Gasteiger partial charge in [-0.05, 0) is 42.8 Å². The van der Waals surface area contributed by atoms with Gasteiger partial charge >= 0.3 is 0 Å². The lowest BCUT2D eigenvalue weighted by atomic mass is 10.1. The number of rotatable bonds is 3. The van der Waals surface area contributed by atoms with Gasteiger partial charge in [-0.2, -0.15) is 0 Å². The molecule has 4 rings (SSSR count). The van der Waals surface area contributed by atoms with E-state index in [9.17, 15) is 0 Å². The third-order valence-electron chi connectivity index (χ3n) is 4.22. The highest BCUT2D eigenvalue weighted by atomic mass is 32.1. The normalized spacial score (nSPS) is 15.7. The molecule has 4 heteroatoms. The van der Waals surface area contributed by atoms with E-state index in [1.807, 2.05) is 23.6 Å². The van der Waals surface area contributed by atoms with Crippen molar-refractivity contribution in [2.24, 2.45) is 0 Å². The van der Waals surface area contributed by atoms with Crippen molar-refractivity contribution in [2.75, 3.05) is 18.0 Å². The summed E-state index contributed by atoms with van der Waals surface area (Å²) in [5.74, 6) is 0. The first-order valence-electron chi connectivity index (χ1n) is 7.63. The zero-order chi connectivity index (χ0) is 14.1. The molecule has 1 aliphatic heterocycles. The topological polar surface area (TPSA) is 21.1 Å². The molecule has 3 nitrogen and oxygen atoms in total. The second-order valence-electron chi connectivity index (χ2n) is 5.64.